The van der Waals surface area contributed by atoms with Crippen LogP contribution >= 0.6 is 15.9 Å². The molecule has 3 rings (SSSR count). The average molecular weight is 335 g/mol. The van der Waals surface area contributed by atoms with Crippen LogP contribution in [0.15, 0.2) is 51.6 Å². The van der Waals surface area contributed by atoms with Gasteiger partial charge in [-0.25, -0.2) is 5.43 Å². The Bertz CT molecular complexity index is 561. The fraction of sp³-hybridized carbons (Fsp3) is 0.375. The lowest BCUT2D eigenvalue weighted by Crippen LogP contribution is -2.43. The first kappa shape index (κ1) is 13.9. The average Bonchev–Trinajstić information content (AvgIpc) is 3.12. The predicted molar refractivity (Wildman–Crippen MR) is 83.1 cm³/mol. The second kappa shape index (κ2) is 5.72. The van der Waals surface area contributed by atoms with E-state index < -0.39 is 0 Å². The number of halogens is 1. The van der Waals surface area contributed by atoms with Crippen molar-refractivity contribution in [2.24, 2.45) is 5.84 Å². The zero-order valence-electron chi connectivity index (χ0n) is 11.3. The minimum absolute atomic E-state index is 0.0103. The molecule has 1 aromatic heterocycles. The third-order valence-corrected chi connectivity index (χ3v) is 5.13. The number of rotatable bonds is 4. The summed E-state index contributed by atoms with van der Waals surface area (Å²) in [5.41, 5.74) is 4.35. The molecule has 1 aliphatic rings. The first-order chi connectivity index (χ1) is 9.78. The number of benzene rings is 1. The lowest BCUT2D eigenvalue weighted by molar-refractivity contribution is 0.263. The highest BCUT2D eigenvalue weighted by atomic mass is 79.9. The molecule has 0 saturated heterocycles. The van der Waals surface area contributed by atoms with Crippen molar-refractivity contribution in [3.63, 3.8) is 0 Å². The number of hydrazine groups is 1. The topological polar surface area (TPSA) is 51.2 Å². The van der Waals surface area contributed by atoms with E-state index in [0.29, 0.717) is 0 Å². The van der Waals surface area contributed by atoms with E-state index in [1.165, 1.54) is 18.4 Å². The summed E-state index contributed by atoms with van der Waals surface area (Å²) >= 11 is 3.56. The highest BCUT2D eigenvalue weighted by Crippen LogP contribution is 2.50. The van der Waals surface area contributed by atoms with E-state index in [9.17, 15) is 0 Å². The van der Waals surface area contributed by atoms with Crippen LogP contribution in [0.2, 0.25) is 0 Å². The largest absolute Gasteiger partial charge is 0.466 e. The van der Waals surface area contributed by atoms with Gasteiger partial charge in [-0.1, -0.05) is 43.2 Å². The smallest absolute Gasteiger partial charge is 0.137 e. The summed E-state index contributed by atoms with van der Waals surface area (Å²) in [6, 6.07) is 12.6. The Morgan fingerprint density at radius 1 is 1.15 bits per heavy atom. The SMILES string of the molecule is NNC(c1occc1Br)C1(c2ccccc2)CCCC1. The monoisotopic (exact) mass is 334 g/mol. The lowest BCUT2D eigenvalue weighted by atomic mass is 9.72. The predicted octanol–water partition coefficient (Wildman–Crippen LogP) is 4.06. The van der Waals surface area contributed by atoms with Crippen molar-refractivity contribution in [1.82, 2.24) is 5.43 Å². The van der Waals surface area contributed by atoms with Crippen LogP contribution in [0.25, 0.3) is 0 Å². The van der Waals surface area contributed by atoms with Gasteiger partial charge >= 0.3 is 0 Å². The van der Waals surface area contributed by atoms with Crippen molar-refractivity contribution in [3.05, 3.63) is 58.5 Å². The molecular weight excluding hydrogens is 316 g/mol. The lowest BCUT2D eigenvalue weighted by Gasteiger charge is -2.37. The molecule has 1 aliphatic carbocycles. The van der Waals surface area contributed by atoms with Crippen LogP contribution in [0.1, 0.15) is 43.0 Å². The van der Waals surface area contributed by atoms with Crippen LogP contribution in [0.4, 0.5) is 0 Å². The fourth-order valence-corrected chi connectivity index (χ4v) is 3.95. The Hall–Kier alpha value is -1.10. The van der Waals surface area contributed by atoms with E-state index >= 15 is 0 Å². The van der Waals surface area contributed by atoms with Gasteiger partial charge in [0.2, 0.25) is 0 Å². The van der Waals surface area contributed by atoms with Gasteiger partial charge in [0.25, 0.3) is 0 Å². The van der Waals surface area contributed by atoms with Crippen LogP contribution in [0, 0.1) is 0 Å². The van der Waals surface area contributed by atoms with Crippen molar-refractivity contribution in [2.75, 3.05) is 0 Å². The number of nitrogens with one attached hydrogen (secondary N) is 1. The van der Waals surface area contributed by atoms with Crippen molar-refractivity contribution in [1.29, 1.82) is 0 Å². The van der Waals surface area contributed by atoms with Crippen LogP contribution in [0.5, 0.6) is 0 Å². The number of furan rings is 1. The summed E-state index contributed by atoms with van der Waals surface area (Å²) in [6.07, 6.45) is 6.41. The fourth-order valence-electron chi connectivity index (χ4n) is 3.52. The van der Waals surface area contributed by atoms with E-state index in [2.05, 4.69) is 51.7 Å². The summed E-state index contributed by atoms with van der Waals surface area (Å²) in [5, 5.41) is 0. The van der Waals surface area contributed by atoms with E-state index in [1.807, 2.05) is 6.07 Å². The molecule has 2 aromatic rings. The molecule has 1 aromatic carbocycles. The molecule has 20 heavy (non-hydrogen) atoms. The molecule has 4 heteroatoms. The van der Waals surface area contributed by atoms with E-state index in [4.69, 9.17) is 10.3 Å². The second-order valence-electron chi connectivity index (χ2n) is 5.46. The molecule has 1 fully saturated rings. The highest BCUT2D eigenvalue weighted by molar-refractivity contribution is 9.10. The zero-order chi connectivity index (χ0) is 14.0. The Morgan fingerprint density at radius 3 is 2.40 bits per heavy atom. The summed E-state index contributed by atoms with van der Waals surface area (Å²) in [6.45, 7) is 0. The number of nitrogens with two attached hydrogens (primary N) is 1. The molecule has 0 amide bonds. The van der Waals surface area contributed by atoms with Gasteiger partial charge in [-0.3, -0.25) is 5.84 Å². The molecule has 106 valence electrons. The maximum atomic E-state index is 5.90. The van der Waals surface area contributed by atoms with Gasteiger partial charge in [0.15, 0.2) is 0 Å². The maximum absolute atomic E-state index is 5.90. The minimum Gasteiger partial charge on any atom is -0.466 e. The van der Waals surface area contributed by atoms with Crippen molar-refractivity contribution in [2.45, 2.75) is 37.1 Å². The molecular formula is C16H19BrN2O. The van der Waals surface area contributed by atoms with Gasteiger partial charge < -0.3 is 4.42 Å². The maximum Gasteiger partial charge on any atom is 0.137 e. The second-order valence-corrected chi connectivity index (χ2v) is 6.32. The van der Waals surface area contributed by atoms with E-state index in [1.54, 1.807) is 6.26 Å². The summed E-state index contributed by atoms with van der Waals surface area (Å²) in [4.78, 5) is 0. The van der Waals surface area contributed by atoms with Crippen molar-refractivity contribution >= 4 is 15.9 Å². The molecule has 1 atom stereocenters. The minimum atomic E-state index is -0.0169. The first-order valence-corrected chi connectivity index (χ1v) is 7.82. The highest BCUT2D eigenvalue weighted by Gasteiger charge is 2.45. The van der Waals surface area contributed by atoms with E-state index in [0.717, 1.165) is 23.1 Å². The van der Waals surface area contributed by atoms with E-state index in [-0.39, 0.29) is 11.5 Å². The summed E-state index contributed by atoms with van der Waals surface area (Å²) in [7, 11) is 0. The molecule has 3 N–H and O–H groups in total. The Morgan fingerprint density at radius 2 is 1.85 bits per heavy atom. The molecule has 0 radical (unpaired) electrons. The van der Waals surface area contributed by atoms with Gasteiger partial charge in [0.1, 0.15) is 5.76 Å². The molecule has 1 unspecified atom stereocenters. The quantitative estimate of drug-likeness (QED) is 0.654. The van der Waals surface area contributed by atoms with Gasteiger partial charge in [-0.2, -0.15) is 0 Å². The number of hydrogen-bond acceptors (Lipinski definition) is 3. The van der Waals surface area contributed by atoms with Crippen LogP contribution in [0.3, 0.4) is 0 Å². The molecule has 0 aliphatic heterocycles. The molecule has 0 spiro atoms. The van der Waals surface area contributed by atoms with Gasteiger partial charge in [0, 0.05) is 5.41 Å². The normalized spacial score (nSPS) is 19.1. The molecule has 1 heterocycles. The molecule has 3 nitrogen and oxygen atoms in total. The molecule has 0 bridgehead atoms. The van der Waals surface area contributed by atoms with Crippen molar-refractivity contribution in [3.8, 4) is 0 Å². The third kappa shape index (κ3) is 2.22. The van der Waals surface area contributed by atoms with Gasteiger partial charge in [-0.05, 0) is 40.4 Å². The Labute approximate surface area is 127 Å². The van der Waals surface area contributed by atoms with Gasteiger partial charge in [-0.15, -0.1) is 0 Å². The van der Waals surface area contributed by atoms with Crippen molar-refractivity contribution < 1.29 is 4.42 Å². The van der Waals surface area contributed by atoms with Crippen LogP contribution in [-0.2, 0) is 5.41 Å². The summed E-state index contributed by atoms with van der Waals surface area (Å²) in [5.74, 6) is 6.79. The van der Waals surface area contributed by atoms with Crippen LogP contribution < -0.4 is 11.3 Å². The molecule has 1 saturated carbocycles. The number of hydrogen-bond donors (Lipinski definition) is 2. The zero-order valence-corrected chi connectivity index (χ0v) is 12.9. The Kier molecular flexibility index (Phi) is 3.96. The third-order valence-electron chi connectivity index (χ3n) is 4.47. The Balaban J connectivity index is 2.08. The first-order valence-electron chi connectivity index (χ1n) is 7.02. The standard InChI is InChI=1S/C16H19BrN2O/c17-13-8-11-20-14(13)15(19-18)16(9-4-5-10-16)12-6-2-1-3-7-12/h1-3,6-8,11,15,19H,4-5,9-10,18H2. The van der Waals surface area contributed by atoms with Gasteiger partial charge in [0.05, 0.1) is 16.8 Å². The summed E-state index contributed by atoms with van der Waals surface area (Å²) < 4.78 is 6.66. The van der Waals surface area contributed by atoms with Crippen LogP contribution in [-0.4, -0.2) is 0 Å².